The quantitative estimate of drug-likeness (QED) is 0.184. The Bertz CT molecular complexity index is 1160. The van der Waals surface area contributed by atoms with Crippen LogP contribution in [0.2, 0.25) is 0 Å². The molecular formula is C20H16FN3O3S2. The van der Waals surface area contributed by atoms with E-state index in [4.69, 9.17) is 6.42 Å². The van der Waals surface area contributed by atoms with E-state index in [1.54, 1.807) is 34.5 Å². The number of benzene rings is 2. The summed E-state index contributed by atoms with van der Waals surface area (Å²) in [6.45, 7) is 0.160. The Kier molecular flexibility index (Phi) is 6.80. The molecule has 0 bridgehead atoms. The number of hydrogen-bond acceptors (Lipinski definition) is 5. The fourth-order valence-electron chi connectivity index (χ4n) is 2.61. The van der Waals surface area contributed by atoms with Crippen molar-refractivity contribution in [3.05, 3.63) is 63.2 Å². The number of halogens is 1. The van der Waals surface area contributed by atoms with Crippen LogP contribution in [0.3, 0.4) is 0 Å². The highest BCUT2D eigenvalue weighted by molar-refractivity contribution is 7.99. The summed E-state index contributed by atoms with van der Waals surface area (Å²) in [6.07, 6.45) is 6.30. The normalized spacial score (nSPS) is 11.5. The van der Waals surface area contributed by atoms with Crippen molar-refractivity contribution in [1.82, 2.24) is 4.57 Å². The minimum atomic E-state index is -0.474. The minimum absolute atomic E-state index is 0.0447. The van der Waals surface area contributed by atoms with Crippen molar-refractivity contribution < 1.29 is 14.1 Å². The van der Waals surface area contributed by atoms with Crippen molar-refractivity contribution in [2.45, 2.75) is 24.3 Å². The molecule has 2 aromatic carbocycles. The van der Waals surface area contributed by atoms with E-state index in [0.29, 0.717) is 22.5 Å². The van der Waals surface area contributed by atoms with Crippen molar-refractivity contribution in [2.75, 3.05) is 5.75 Å². The number of thioether (sulfide) groups is 1. The lowest BCUT2D eigenvalue weighted by Gasteiger charge is -2.01. The van der Waals surface area contributed by atoms with Crippen LogP contribution in [-0.4, -0.2) is 21.2 Å². The van der Waals surface area contributed by atoms with Crippen LogP contribution in [-0.2, 0) is 11.3 Å². The Balaban J connectivity index is 1.71. The number of fused-ring (bicyclic) bond motifs is 1. The molecule has 3 aromatic rings. The SMILES string of the molecule is C#CCn1c(=NC(=O)CCCSc2ccc(F)cc2)sc2ccc([N+](=O)[O-])cc21. The highest BCUT2D eigenvalue weighted by Gasteiger charge is 2.12. The number of rotatable bonds is 7. The molecule has 0 saturated carbocycles. The summed E-state index contributed by atoms with van der Waals surface area (Å²) in [6, 6.07) is 10.7. The van der Waals surface area contributed by atoms with Crippen molar-refractivity contribution in [3.63, 3.8) is 0 Å². The number of non-ortho nitro benzene ring substituents is 1. The Labute approximate surface area is 174 Å². The topological polar surface area (TPSA) is 77.5 Å². The van der Waals surface area contributed by atoms with Gasteiger partial charge in [0.05, 0.1) is 21.7 Å². The standard InChI is InChI=1S/C20H16FN3O3S2/c1-2-11-23-17-13-15(24(26)27)7-10-18(17)29-20(23)22-19(25)4-3-12-28-16-8-5-14(21)6-9-16/h1,5-10,13H,3-4,11-12H2. The van der Waals surface area contributed by atoms with Crippen LogP contribution < -0.4 is 4.80 Å². The van der Waals surface area contributed by atoms with Gasteiger partial charge in [-0.15, -0.1) is 18.2 Å². The number of hydrogen-bond donors (Lipinski definition) is 0. The molecule has 0 radical (unpaired) electrons. The Morgan fingerprint density at radius 3 is 2.76 bits per heavy atom. The van der Waals surface area contributed by atoms with E-state index in [0.717, 1.165) is 9.60 Å². The highest BCUT2D eigenvalue weighted by atomic mass is 32.2. The van der Waals surface area contributed by atoms with Gasteiger partial charge in [0.15, 0.2) is 4.80 Å². The third-order valence-electron chi connectivity index (χ3n) is 3.96. The number of nitro groups is 1. The second-order valence-electron chi connectivity index (χ2n) is 6.00. The molecular weight excluding hydrogens is 413 g/mol. The maximum absolute atomic E-state index is 12.9. The molecule has 0 atom stereocenters. The Morgan fingerprint density at radius 2 is 2.07 bits per heavy atom. The van der Waals surface area contributed by atoms with Gasteiger partial charge < -0.3 is 4.57 Å². The van der Waals surface area contributed by atoms with Gasteiger partial charge in [-0.2, -0.15) is 4.99 Å². The number of carbonyl (C=O) groups excluding carboxylic acids is 1. The van der Waals surface area contributed by atoms with Crippen LogP contribution in [0.15, 0.2) is 52.4 Å². The van der Waals surface area contributed by atoms with Crippen molar-refractivity contribution in [1.29, 1.82) is 0 Å². The van der Waals surface area contributed by atoms with E-state index in [2.05, 4.69) is 10.9 Å². The van der Waals surface area contributed by atoms with Crippen LogP contribution in [0.1, 0.15) is 12.8 Å². The molecule has 29 heavy (non-hydrogen) atoms. The van der Waals surface area contributed by atoms with Gasteiger partial charge in [0.1, 0.15) is 5.82 Å². The molecule has 0 aliphatic carbocycles. The van der Waals surface area contributed by atoms with Crippen LogP contribution >= 0.6 is 23.1 Å². The molecule has 3 rings (SSSR count). The first-order chi connectivity index (χ1) is 14.0. The van der Waals surface area contributed by atoms with Crippen LogP contribution in [0.25, 0.3) is 10.2 Å². The van der Waals surface area contributed by atoms with E-state index in [-0.39, 0.29) is 30.4 Å². The second kappa shape index (κ2) is 9.49. The summed E-state index contributed by atoms with van der Waals surface area (Å²) in [5.41, 5.74) is 0.539. The lowest BCUT2D eigenvalue weighted by atomic mass is 10.3. The van der Waals surface area contributed by atoms with Gasteiger partial charge >= 0.3 is 0 Å². The molecule has 0 unspecified atom stereocenters. The van der Waals surface area contributed by atoms with Crippen molar-refractivity contribution in [2.24, 2.45) is 4.99 Å². The average molecular weight is 429 g/mol. The molecule has 6 nitrogen and oxygen atoms in total. The van der Waals surface area contributed by atoms with Crippen LogP contribution in [0.4, 0.5) is 10.1 Å². The number of amides is 1. The van der Waals surface area contributed by atoms with Gasteiger partial charge in [-0.1, -0.05) is 17.3 Å². The number of terminal acetylenes is 1. The number of carbonyl (C=O) groups is 1. The molecule has 1 heterocycles. The van der Waals surface area contributed by atoms with Gasteiger partial charge in [0, 0.05) is 23.4 Å². The fraction of sp³-hybridized carbons (Fsp3) is 0.200. The number of nitrogens with zero attached hydrogens (tertiary/aromatic N) is 3. The zero-order chi connectivity index (χ0) is 20.8. The molecule has 1 amide bonds. The van der Waals surface area contributed by atoms with Crippen molar-refractivity contribution >= 4 is 44.9 Å². The third kappa shape index (κ3) is 5.31. The van der Waals surface area contributed by atoms with Gasteiger partial charge in [-0.3, -0.25) is 14.9 Å². The second-order valence-corrected chi connectivity index (χ2v) is 8.17. The number of aromatic nitrogens is 1. The molecule has 148 valence electrons. The number of nitro benzene ring substituents is 1. The summed E-state index contributed by atoms with van der Waals surface area (Å²) in [4.78, 5) is 28.4. The largest absolute Gasteiger partial charge is 0.304 e. The van der Waals surface area contributed by atoms with E-state index in [1.807, 2.05) is 0 Å². The first-order valence-corrected chi connectivity index (χ1v) is 10.5. The number of thiazole rings is 1. The van der Waals surface area contributed by atoms with Crippen LogP contribution in [0, 0.1) is 28.3 Å². The zero-order valence-corrected chi connectivity index (χ0v) is 16.8. The van der Waals surface area contributed by atoms with Gasteiger partial charge in [0.25, 0.3) is 5.69 Å². The van der Waals surface area contributed by atoms with Gasteiger partial charge in [-0.25, -0.2) is 4.39 Å². The summed E-state index contributed by atoms with van der Waals surface area (Å²) < 4.78 is 15.3. The molecule has 0 aliphatic heterocycles. The monoisotopic (exact) mass is 429 g/mol. The zero-order valence-electron chi connectivity index (χ0n) is 15.2. The smallest absolute Gasteiger partial charge is 0.271 e. The first kappa shape index (κ1) is 20.8. The van der Waals surface area contributed by atoms with E-state index in [9.17, 15) is 19.3 Å². The maximum Gasteiger partial charge on any atom is 0.271 e. The summed E-state index contributed by atoms with van der Waals surface area (Å²) in [5.74, 6) is 2.64. The molecule has 0 spiro atoms. The van der Waals surface area contributed by atoms with Gasteiger partial charge in [0.2, 0.25) is 5.91 Å². The molecule has 0 fully saturated rings. The van der Waals surface area contributed by atoms with Crippen molar-refractivity contribution in [3.8, 4) is 12.3 Å². The molecule has 0 N–H and O–H groups in total. The fourth-order valence-corrected chi connectivity index (χ4v) is 4.49. The Morgan fingerprint density at radius 1 is 1.31 bits per heavy atom. The van der Waals surface area contributed by atoms with Gasteiger partial charge in [-0.05, 0) is 42.5 Å². The predicted octanol–water partition coefficient (Wildman–Crippen LogP) is 4.38. The molecule has 9 heteroatoms. The molecule has 0 saturated heterocycles. The summed E-state index contributed by atoms with van der Waals surface area (Å²) in [7, 11) is 0. The lowest BCUT2D eigenvalue weighted by Crippen LogP contribution is -2.16. The third-order valence-corrected chi connectivity index (χ3v) is 6.12. The molecule has 0 aliphatic rings. The summed E-state index contributed by atoms with van der Waals surface area (Å²) in [5, 5.41) is 11.0. The average Bonchev–Trinajstić information content (AvgIpc) is 3.03. The highest BCUT2D eigenvalue weighted by Crippen LogP contribution is 2.23. The maximum atomic E-state index is 12.9. The van der Waals surface area contributed by atoms with E-state index in [1.165, 1.54) is 35.6 Å². The lowest BCUT2D eigenvalue weighted by molar-refractivity contribution is -0.384. The van der Waals surface area contributed by atoms with Crippen LogP contribution in [0.5, 0.6) is 0 Å². The minimum Gasteiger partial charge on any atom is -0.304 e. The van der Waals surface area contributed by atoms with E-state index < -0.39 is 4.92 Å². The molecule has 1 aromatic heterocycles. The first-order valence-electron chi connectivity index (χ1n) is 8.65. The predicted molar refractivity (Wildman–Crippen MR) is 112 cm³/mol. The van der Waals surface area contributed by atoms with E-state index >= 15 is 0 Å². The summed E-state index contributed by atoms with van der Waals surface area (Å²) >= 11 is 2.81. The Hall–Kier alpha value is -2.96.